The van der Waals surface area contributed by atoms with Crippen molar-refractivity contribution in [2.24, 2.45) is 5.92 Å². The van der Waals surface area contributed by atoms with Crippen LogP contribution in [0.25, 0.3) is 16.3 Å². The van der Waals surface area contributed by atoms with Crippen molar-refractivity contribution in [1.82, 2.24) is 0 Å². The van der Waals surface area contributed by atoms with Crippen molar-refractivity contribution >= 4 is 39.5 Å². The summed E-state index contributed by atoms with van der Waals surface area (Å²) < 4.78 is 0. The zero-order valence-electron chi connectivity index (χ0n) is 22.5. The molecule has 1 aliphatic heterocycles. The second-order valence-electron chi connectivity index (χ2n) is 9.31. The van der Waals surface area contributed by atoms with Crippen LogP contribution in [0.15, 0.2) is 156 Å². The van der Waals surface area contributed by atoms with Gasteiger partial charge in [0.15, 0.2) is 0 Å². The van der Waals surface area contributed by atoms with Gasteiger partial charge in [-0.3, -0.25) is 0 Å². The van der Waals surface area contributed by atoms with Gasteiger partial charge in [0.2, 0.25) is 0 Å². The number of hydrogen-bond donors (Lipinski definition) is 0. The van der Waals surface area contributed by atoms with Crippen LogP contribution in [0.4, 0.5) is 11.4 Å². The SMILES string of the molecule is C=C1/C=C\C=C/Sc2c1cccc2N(C(=C)/C=C\C=C(/C)C(C)/C=C\C=C/C)c1ccc2ccccc2c1. The average molecular weight is 514 g/mol. The van der Waals surface area contributed by atoms with Gasteiger partial charge in [0.1, 0.15) is 0 Å². The summed E-state index contributed by atoms with van der Waals surface area (Å²) in [6, 6.07) is 21.5. The smallest absolute Gasteiger partial charge is 0.0606 e. The molecule has 190 valence electrons. The van der Waals surface area contributed by atoms with E-state index >= 15 is 0 Å². The Labute approximate surface area is 232 Å². The third-order valence-corrected chi connectivity index (χ3v) is 7.56. The number of allylic oxidation sites excluding steroid dienone is 12. The average Bonchev–Trinajstić information content (AvgIpc) is 2.92. The number of fused-ring (bicyclic) bond motifs is 2. The van der Waals surface area contributed by atoms with E-state index < -0.39 is 0 Å². The van der Waals surface area contributed by atoms with Gasteiger partial charge in [-0.25, -0.2) is 0 Å². The third-order valence-electron chi connectivity index (χ3n) is 6.60. The monoisotopic (exact) mass is 513 g/mol. The van der Waals surface area contributed by atoms with Gasteiger partial charge in [0.05, 0.1) is 5.69 Å². The summed E-state index contributed by atoms with van der Waals surface area (Å²) >= 11 is 1.71. The molecule has 0 amide bonds. The third kappa shape index (κ3) is 6.45. The molecular weight excluding hydrogens is 478 g/mol. The minimum Gasteiger partial charge on any atom is -0.310 e. The summed E-state index contributed by atoms with van der Waals surface area (Å²) in [7, 11) is 0. The second kappa shape index (κ2) is 13.0. The Morgan fingerprint density at radius 1 is 0.947 bits per heavy atom. The lowest BCUT2D eigenvalue weighted by molar-refractivity contribution is 0.863. The summed E-state index contributed by atoms with van der Waals surface area (Å²) in [5.74, 6) is 0.358. The van der Waals surface area contributed by atoms with E-state index in [1.54, 1.807) is 11.8 Å². The first-order valence-electron chi connectivity index (χ1n) is 12.9. The maximum absolute atomic E-state index is 4.52. The molecule has 0 saturated carbocycles. The molecule has 1 heterocycles. The van der Waals surface area contributed by atoms with Crippen LogP contribution in [-0.2, 0) is 0 Å². The lowest BCUT2D eigenvalue weighted by Crippen LogP contribution is -2.15. The molecule has 38 heavy (non-hydrogen) atoms. The Morgan fingerprint density at radius 2 is 1.76 bits per heavy atom. The van der Waals surface area contributed by atoms with Crippen molar-refractivity contribution in [3.63, 3.8) is 0 Å². The molecule has 0 fully saturated rings. The van der Waals surface area contributed by atoms with Crippen molar-refractivity contribution in [3.05, 3.63) is 157 Å². The van der Waals surface area contributed by atoms with E-state index in [9.17, 15) is 0 Å². The topological polar surface area (TPSA) is 3.24 Å². The summed E-state index contributed by atoms with van der Waals surface area (Å²) in [5, 5.41) is 4.54. The fraction of sp³-hybridized carbons (Fsp3) is 0.111. The zero-order chi connectivity index (χ0) is 26.9. The molecular formula is C36H35NS. The van der Waals surface area contributed by atoms with Crippen LogP contribution < -0.4 is 4.90 Å². The van der Waals surface area contributed by atoms with Gasteiger partial charge < -0.3 is 4.90 Å². The maximum atomic E-state index is 4.52. The molecule has 0 bridgehead atoms. The molecule has 0 aromatic heterocycles. The zero-order valence-corrected chi connectivity index (χ0v) is 23.3. The molecule has 0 spiro atoms. The largest absolute Gasteiger partial charge is 0.310 e. The molecule has 0 aliphatic carbocycles. The highest BCUT2D eigenvalue weighted by atomic mass is 32.2. The van der Waals surface area contributed by atoms with E-state index in [2.05, 4.69) is 147 Å². The fourth-order valence-corrected chi connectivity index (χ4v) is 5.21. The minimum atomic E-state index is 0.358. The first-order valence-corrected chi connectivity index (χ1v) is 13.8. The standard InChI is InChI=1S/C36H35NS/c1-6-7-8-15-27(2)28(3)17-13-18-30(5)37(33-24-23-31-19-9-10-20-32(31)26-33)35-22-14-21-34-29(4)16-11-12-25-38-36(34)35/h6-27H,4-5H2,1-3H3/b7-6-,15-8-,16-11-,18-13-,25-12-,28-17+. The first kappa shape index (κ1) is 27.0. The van der Waals surface area contributed by atoms with E-state index in [1.165, 1.54) is 16.3 Å². The van der Waals surface area contributed by atoms with Crippen molar-refractivity contribution in [1.29, 1.82) is 0 Å². The van der Waals surface area contributed by atoms with Crippen LogP contribution in [0, 0.1) is 5.92 Å². The fourth-order valence-electron chi connectivity index (χ4n) is 4.30. The Balaban J connectivity index is 1.77. The highest BCUT2D eigenvalue weighted by molar-refractivity contribution is 8.02. The van der Waals surface area contributed by atoms with Crippen LogP contribution in [-0.4, -0.2) is 0 Å². The van der Waals surface area contributed by atoms with Crippen molar-refractivity contribution in [3.8, 4) is 0 Å². The Kier molecular flexibility index (Phi) is 9.24. The second-order valence-corrected chi connectivity index (χ2v) is 10.2. The molecule has 1 atom stereocenters. The number of hydrogen-bond acceptors (Lipinski definition) is 2. The molecule has 1 unspecified atom stereocenters. The molecule has 2 heteroatoms. The van der Waals surface area contributed by atoms with Gasteiger partial charge in [0.25, 0.3) is 0 Å². The van der Waals surface area contributed by atoms with Gasteiger partial charge in [0, 0.05) is 16.3 Å². The number of nitrogens with zero attached hydrogens (tertiary/aromatic N) is 1. The van der Waals surface area contributed by atoms with E-state index in [0.717, 1.165) is 33.1 Å². The number of thioether (sulfide) groups is 1. The molecule has 0 N–H and O–H groups in total. The molecule has 1 aliphatic rings. The lowest BCUT2D eigenvalue weighted by atomic mass is 10.0. The Bertz CT molecular complexity index is 1510. The van der Waals surface area contributed by atoms with Gasteiger partial charge in [-0.2, -0.15) is 0 Å². The molecule has 1 nitrogen and oxygen atoms in total. The molecule has 0 radical (unpaired) electrons. The van der Waals surface area contributed by atoms with Crippen molar-refractivity contribution in [2.45, 2.75) is 25.7 Å². The molecule has 3 aromatic rings. The summed E-state index contributed by atoms with van der Waals surface area (Å²) in [6.07, 6.45) is 21.0. The number of benzene rings is 3. The van der Waals surface area contributed by atoms with Crippen LogP contribution >= 0.6 is 11.8 Å². The summed E-state index contributed by atoms with van der Waals surface area (Å²) in [5.41, 5.74) is 6.47. The minimum absolute atomic E-state index is 0.358. The van der Waals surface area contributed by atoms with E-state index in [1.807, 2.05) is 19.1 Å². The van der Waals surface area contributed by atoms with Crippen LogP contribution in [0.1, 0.15) is 26.3 Å². The highest BCUT2D eigenvalue weighted by Gasteiger charge is 2.19. The maximum Gasteiger partial charge on any atom is 0.0606 e. The normalized spacial score (nSPS) is 16.5. The van der Waals surface area contributed by atoms with Crippen molar-refractivity contribution in [2.75, 3.05) is 4.90 Å². The van der Waals surface area contributed by atoms with E-state index in [4.69, 9.17) is 0 Å². The summed E-state index contributed by atoms with van der Waals surface area (Å²) in [4.78, 5) is 3.41. The first-order chi connectivity index (χ1) is 18.5. The van der Waals surface area contributed by atoms with Gasteiger partial charge in [-0.05, 0) is 71.4 Å². The van der Waals surface area contributed by atoms with Crippen LogP contribution in [0.3, 0.4) is 0 Å². The van der Waals surface area contributed by atoms with Crippen molar-refractivity contribution < 1.29 is 0 Å². The molecule has 3 aromatic carbocycles. The summed E-state index contributed by atoms with van der Waals surface area (Å²) in [6.45, 7) is 15.3. The Hall–Kier alpha value is -4.01. The molecule has 4 rings (SSSR count). The van der Waals surface area contributed by atoms with E-state index in [0.29, 0.717) is 5.92 Å². The van der Waals surface area contributed by atoms with Gasteiger partial charge in [-0.15, -0.1) is 0 Å². The quantitative estimate of drug-likeness (QED) is 0.276. The highest BCUT2D eigenvalue weighted by Crippen LogP contribution is 2.43. The van der Waals surface area contributed by atoms with Crippen LogP contribution in [0.2, 0.25) is 0 Å². The predicted molar refractivity (Wildman–Crippen MR) is 171 cm³/mol. The number of anilines is 2. The van der Waals surface area contributed by atoms with Gasteiger partial charge in [-0.1, -0.05) is 135 Å². The van der Waals surface area contributed by atoms with Crippen LogP contribution in [0.5, 0.6) is 0 Å². The predicted octanol–water partition coefficient (Wildman–Crippen LogP) is 11.0. The van der Waals surface area contributed by atoms with E-state index in [-0.39, 0.29) is 0 Å². The molecule has 0 saturated heterocycles. The number of rotatable bonds is 8. The lowest BCUT2D eigenvalue weighted by Gasteiger charge is -2.29. The Morgan fingerprint density at radius 3 is 2.58 bits per heavy atom. The van der Waals surface area contributed by atoms with Gasteiger partial charge >= 0.3 is 0 Å².